The molecule has 0 aliphatic heterocycles. The molecule has 2 unspecified atom stereocenters. The molecule has 0 spiro atoms. The molecule has 0 heterocycles. The number of benzene rings is 3. The van der Waals surface area contributed by atoms with Crippen molar-refractivity contribution in [2.24, 2.45) is 0 Å². The van der Waals surface area contributed by atoms with Crippen molar-refractivity contribution in [3.8, 4) is 16.9 Å². The number of hydrogen-bond donors (Lipinski definition) is 4. The molecule has 10 heteroatoms. The van der Waals surface area contributed by atoms with Gasteiger partial charge in [-0.05, 0) is 40.5 Å². The number of nitrogen functional groups attached to an aromatic ring is 1. The third kappa shape index (κ3) is 5.50. The van der Waals surface area contributed by atoms with Crippen LogP contribution >= 0.6 is 0 Å². The second-order valence-corrected chi connectivity index (χ2v) is 8.06. The number of alkyl halides is 3. The highest BCUT2D eigenvalue weighted by Crippen LogP contribution is 2.44. The zero-order valence-corrected chi connectivity index (χ0v) is 18.3. The summed E-state index contributed by atoms with van der Waals surface area (Å²) in [5.74, 6) is -0.877. The van der Waals surface area contributed by atoms with Crippen LogP contribution in [0.15, 0.2) is 66.7 Å². The molecular weight excluding hydrogens is 465 g/mol. The number of aliphatic hydroxyl groups is 2. The van der Waals surface area contributed by atoms with E-state index in [4.69, 9.17) is 10.5 Å². The number of fused-ring (bicyclic) bond motifs is 3. The minimum absolute atomic E-state index is 0.0390. The molecule has 1 amide bonds. The first-order valence-corrected chi connectivity index (χ1v) is 10.7. The van der Waals surface area contributed by atoms with Crippen LogP contribution in [0.2, 0.25) is 0 Å². The van der Waals surface area contributed by atoms with Gasteiger partial charge < -0.3 is 30.7 Å². The second kappa shape index (κ2) is 9.85. The van der Waals surface area contributed by atoms with E-state index in [1.165, 1.54) is 6.07 Å². The largest absolute Gasteiger partial charge is 0.573 e. The van der Waals surface area contributed by atoms with E-state index < -0.39 is 37.0 Å². The molecule has 184 valence electrons. The number of rotatable bonds is 7. The monoisotopic (exact) mass is 488 g/mol. The van der Waals surface area contributed by atoms with E-state index in [1.807, 2.05) is 48.5 Å². The lowest BCUT2D eigenvalue weighted by Gasteiger charge is -2.22. The molecule has 3 aromatic carbocycles. The number of ether oxygens (including phenoxy) is 2. The summed E-state index contributed by atoms with van der Waals surface area (Å²) in [6, 6.07) is 18.8. The normalized spacial score (nSPS) is 14.5. The molecule has 0 radical (unpaired) electrons. The van der Waals surface area contributed by atoms with Crippen molar-refractivity contribution >= 4 is 11.8 Å². The van der Waals surface area contributed by atoms with Crippen LogP contribution in [0.1, 0.15) is 28.7 Å². The second-order valence-electron chi connectivity index (χ2n) is 8.06. The van der Waals surface area contributed by atoms with Crippen LogP contribution in [0.5, 0.6) is 5.75 Å². The van der Waals surface area contributed by atoms with Crippen LogP contribution < -0.4 is 15.8 Å². The number of halogens is 3. The Morgan fingerprint density at radius 3 is 2.20 bits per heavy atom. The first kappa shape index (κ1) is 24.4. The fourth-order valence-corrected chi connectivity index (χ4v) is 4.17. The van der Waals surface area contributed by atoms with E-state index in [2.05, 4.69) is 10.1 Å². The third-order valence-corrected chi connectivity index (χ3v) is 5.74. The van der Waals surface area contributed by atoms with Crippen molar-refractivity contribution in [1.29, 1.82) is 0 Å². The highest BCUT2D eigenvalue weighted by atomic mass is 19.4. The van der Waals surface area contributed by atoms with Gasteiger partial charge >= 0.3 is 12.5 Å². The van der Waals surface area contributed by atoms with Crippen molar-refractivity contribution in [3.63, 3.8) is 0 Å². The van der Waals surface area contributed by atoms with Gasteiger partial charge in [-0.15, -0.1) is 13.2 Å². The van der Waals surface area contributed by atoms with Gasteiger partial charge in [-0.25, -0.2) is 4.79 Å². The van der Waals surface area contributed by atoms with Gasteiger partial charge in [0, 0.05) is 23.7 Å². The molecule has 1 aliphatic carbocycles. The Bertz CT molecular complexity index is 1170. The first-order chi connectivity index (χ1) is 16.6. The average molecular weight is 488 g/mol. The van der Waals surface area contributed by atoms with E-state index in [0.29, 0.717) is 0 Å². The molecule has 0 fully saturated rings. The van der Waals surface area contributed by atoms with Gasteiger partial charge in [0.25, 0.3) is 0 Å². The van der Waals surface area contributed by atoms with Gasteiger partial charge in [0.2, 0.25) is 0 Å². The Labute approximate surface area is 198 Å². The number of hydrogen-bond acceptors (Lipinski definition) is 6. The zero-order chi connectivity index (χ0) is 25.2. The molecular formula is C25H23F3N2O5. The van der Waals surface area contributed by atoms with Crippen LogP contribution in [0.25, 0.3) is 11.1 Å². The Balaban J connectivity index is 1.36. The van der Waals surface area contributed by atoms with Crippen LogP contribution in [0.4, 0.5) is 23.7 Å². The summed E-state index contributed by atoms with van der Waals surface area (Å²) >= 11 is 0. The summed E-state index contributed by atoms with van der Waals surface area (Å²) in [5.41, 5.74) is 9.47. The molecule has 7 nitrogen and oxygen atoms in total. The van der Waals surface area contributed by atoms with E-state index in [1.54, 1.807) is 0 Å². The SMILES string of the molecule is Nc1ccc(OC(F)(F)F)c(C(O)C(O)CNC(=O)OCC2c3ccccc3-c3ccccc32)c1. The highest BCUT2D eigenvalue weighted by Gasteiger charge is 2.34. The molecule has 0 aromatic heterocycles. The van der Waals surface area contributed by atoms with Gasteiger partial charge in [-0.1, -0.05) is 48.5 Å². The molecule has 35 heavy (non-hydrogen) atoms. The number of carbonyl (C=O) groups is 1. The Morgan fingerprint density at radius 1 is 1.00 bits per heavy atom. The number of carbonyl (C=O) groups excluding carboxylic acids is 1. The summed E-state index contributed by atoms with van der Waals surface area (Å²) in [6.45, 7) is -0.449. The van der Waals surface area contributed by atoms with Gasteiger partial charge in [0.15, 0.2) is 0 Å². The summed E-state index contributed by atoms with van der Waals surface area (Å²) in [4.78, 5) is 12.3. The van der Waals surface area contributed by atoms with Crippen molar-refractivity contribution in [2.45, 2.75) is 24.5 Å². The summed E-state index contributed by atoms with van der Waals surface area (Å²) in [5, 5.41) is 23.0. The molecule has 4 rings (SSSR count). The lowest BCUT2D eigenvalue weighted by molar-refractivity contribution is -0.275. The maximum atomic E-state index is 12.7. The van der Waals surface area contributed by atoms with Gasteiger partial charge in [-0.3, -0.25) is 0 Å². The average Bonchev–Trinajstić information content (AvgIpc) is 3.14. The zero-order valence-electron chi connectivity index (χ0n) is 18.3. The fourth-order valence-electron chi connectivity index (χ4n) is 4.17. The number of anilines is 1. The number of nitrogens with two attached hydrogens (primary N) is 1. The summed E-state index contributed by atoms with van der Waals surface area (Å²) in [6.07, 6.45) is -9.33. The Kier molecular flexibility index (Phi) is 6.86. The smallest absolute Gasteiger partial charge is 0.449 e. The maximum absolute atomic E-state index is 12.7. The molecule has 0 saturated heterocycles. The van der Waals surface area contributed by atoms with Crippen LogP contribution in [-0.2, 0) is 4.74 Å². The van der Waals surface area contributed by atoms with Crippen molar-refractivity contribution in [3.05, 3.63) is 83.4 Å². The molecule has 0 saturated carbocycles. The number of nitrogens with one attached hydrogen (secondary N) is 1. The first-order valence-electron chi connectivity index (χ1n) is 10.7. The van der Waals surface area contributed by atoms with E-state index in [0.717, 1.165) is 34.4 Å². The Hall–Kier alpha value is -3.76. The number of aliphatic hydroxyl groups excluding tert-OH is 2. The molecule has 1 aliphatic rings. The predicted molar refractivity (Wildman–Crippen MR) is 122 cm³/mol. The van der Waals surface area contributed by atoms with Gasteiger partial charge in [-0.2, -0.15) is 0 Å². The van der Waals surface area contributed by atoms with Gasteiger partial charge in [0.05, 0.1) is 0 Å². The fraction of sp³-hybridized carbons (Fsp3) is 0.240. The summed E-state index contributed by atoms with van der Waals surface area (Å²) in [7, 11) is 0. The highest BCUT2D eigenvalue weighted by molar-refractivity contribution is 5.79. The van der Waals surface area contributed by atoms with Crippen molar-refractivity contribution < 1.29 is 37.7 Å². The Morgan fingerprint density at radius 2 is 1.60 bits per heavy atom. The molecule has 3 aromatic rings. The lowest BCUT2D eigenvalue weighted by atomic mass is 9.98. The number of alkyl carbamates (subject to hydrolysis) is 1. The quantitative estimate of drug-likeness (QED) is 0.373. The summed E-state index contributed by atoms with van der Waals surface area (Å²) < 4.78 is 47.2. The van der Waals surface area contributed by atoms with E-state index in [-0.39, 0.29) is 23.8 Å². The number of amides is 1. The molecule has 0 bridgehead atoms. The molecule has 2 atom stereocenters. The van der Waals surface area contributed by atoms with Crippen molar-refractivity contribution in [1.82, 2.24) is 5.32 Å². The lowest BCUT2D eigenvalue weighted by Crippen LogP contribution is -2.36. The standard InChI is InChI=1S/C25H23F3N2O5/c26-25(27,28)35-22-10-9-14(29)11-19(22)23(32)21(31)12-30-24(33)34-13-20-17-7-3-1-5-15(17)16-6-2-4-8-18(16)20/h1-11,20-21,23,31-32H,12-13,29H2,(H,30,33). The van der Waals surface area contributed by atoms with Crippen molar-refractivity contribution in [2.75, 3.05) is 18.9 Å². The minimum atomic E-state index is -5.00. The van der Waals surface area contributed by atoms with E-state index >= 15 is 0 Å². The van der Waals surface area contributed by atoms with Crippen LogP contribution in [-0.4, -0.2) is 41.9 Å². The van der Waals surface area contributed by atoms with Gasteiger partial charge in [0.1, 0.15) is 24.6 Å². The maximum Gasteiger partial charge on any atom is 0.573 e. The third-order valence-electron chi connectivity index (χ3n) is 5.74. The van der Waals surface area contributed by atoms with Crippen LogP contribution in [0.3, 0.4) is 0 Å². The topological polar surface area (TPSA) is 114 Å². The minimum Gasteiger partial charge on any atom is -0.449 e. The predicted octanol–water partition coefficient (Wildman–Crippen LogP) is 4.10. The molecule has 5 N–H and O–H groups in total. The van der Waals surface area contributed by atoms with E-state index in [9.17, 15) is 28.2 Å². The van der Waals surface area contributed by atoms with Crippen LogP contribution in [0, 0.1) is 0 Å².